The number of fused-ring (bicyclic) bond motifs is 2. The Labute approximate surface area is 193 Å². The molecular formula is C27H27N3O3. The summed E-state index contributed by atoms with van der Waals surface area (Å²) in [6, 6.07) is 16.3. The normalized spacial score (nSPS) is 15.4. The monoisotopic (exact) mass is 441 g/mol. The lowest BCUT2D eigenvalue weighted by molar-refractivity contribution is -0.119. The SMILES string of the molecule is CC(C)(C)[C@H]1CCc2nc3ccccc3c(C(=O)OCC(=O)Nc3ccccc3C#N)c2C1. The van der Waals surface area contributed by atoms with Crippen LogP contribution in [-0.2, 0) is 22.4 Å². The van der Waals surface area contributed by atoms with Crippen LogP contribution in [-0.4, -0.2) is 23.5 Å². The van der Waals surface area contributed by atoms with Crippen molar-refractivity contribution in [1.82, 2.24) is 4.98 Å². The standard InChI is InChI=1S/C27H27N3O3/c1-27(2,3)18-12-13-23-20(14-18)25(19-9-5-7-11-22(19)29-23)26(32)33-16-24(31)30-21-10-6-4-8-17(21)15-28/h4-11,18H,12-14,16H2,1-3H3,(H,30,31)/t18-/m0/s1. The molecule has 1 aromatic heterocycles. The highest BCUT2D eigenvalue weighted by atomic mass is 16.5. The molecule has 1 aliphatic rings. The maximum Gasteiger partial charge on any atom is 0.339 e. The van der Waals surface area contributed by atoms with Crippen molar-refractivity contribution in [3.05, 3.63) is 70.9 Å². The van der Waals surface area contributed by atoms with Crippen molar-refractivity contribution in [3.63, 3.8) is 0 Å². The largest absolute Gasteiger partial charge is 0.452 e. The summed E-state index contributed by atoms with van der Waals surface area (Å²) in [6.07, 6.45) is 2.59. The van der Waals surface area contributed by atoms with Gasteiger partial charge in [0.1, 0.15) is 6.07 Å². The third kappa shape index (κ3) is 4.73. The molecule has 0 unspecified atom stereocenters. The maximum atomic E-state index is 13.3. The number of nitrogens with one attached hydrogen (secondary N) is 1. The summed E-state index contributed by atoms with van der Waals surface area (Å²) >= 11 is 0. The predicted octanol–water partition coefficient (Wildman–Crippen LogP) is 5.05. The quantitative estimate of drug-likeness (QED) is 0.572. The molecule has 0 saturated carbocycles. The highest BCUT2D eigenvalue weighted by Gasteiger charge is 2.33. The van der Waals surface area contributed by atoms with Gasteiger partial charge in [0.15, 0.2) is 6.61 Å². The Hall–Kier alpha value is -3.72. The van der Waals surface area contributed by atoms with Crippen molar-refractivity contribution >= 4 is 28.5 Å². The summed E-state index contributed by atoms with van der Waals surface area (Å²) in [5, 5.41) is 12.6. The van der Waals surface area contributed by atoms with Crippen LogP contribution in [0.5, 0.6) is 0 Å². The van der Waals surface area contributed by atoms with Crippen molar-refractivity contribution in [3.8, 4) is 6.07 Å². The Balaban J connectivity index is 1.60. The van der Waals surface area contributed by atoms with Crippen molar-refractivity contribution < 1.29 is 14.3 Å². The second-order valence-corrected chi connectivity index (χ2v) is 9.52. The van der Waals surface area contributed by atoms with Crippen LogP contribution in [0, 0.1) is 22.7 Å². The van der Waals surface area contributed by atoms with E-state index in [4.69, 9.17) is 9.72 Å². The van der Waals surface area contributed by atoms with Crippen molar-refractivity contribution in [2.24, 2.45) is 11.3 Å². The van der Waals surface area contributed by atoms with E-state index >= 15 is 0 Å². The number of anilines is 1. The van der Waals surface area contributed by atoms with E-state index < -0.39 is 18.5 Å². The second-order valence-electron chi connectivity index (χ2n) is 9.52. The molecule has 0 spiro atoms. The van der Waals surface area contributed by atoms with Gasteiger partial charge in [-0.25, -0.2) is 4.79 Å². The molecule has 168 valence electrons. The number of amides is 1. The van der Waals surface area contributed by atoms with Gasteiger partial charge >= 0.3 is 5.97 Å². The fourth-order valence-electron chi connectivity index (χ4n) is 4.44. The zero-order valence-corrected chi connectivity index (χ0v) is 19.1. The van der Waals surface area contributed by atoms with Gasteiger partial charge in [-0.3, -0.25) is 9.78 Å². The molecule has 0 bridgehead atoms. The zero-order valence-electron chi connectivity index (χ0n) is 19.1. The molecule has 6 heteroatoms. The first-order valence-corrected chi connectivity index (χ1v) is 11.1. The lowest BCUT2D eigenvalue weighted by Gasteiger charge is -2.35. The van der Waals surface area contributed by atoms with Crippen LogP contribution in [0.1, 0.15) is 54.4 Å². The van der Waals surface area contributed by atoms with E-state index in [1.165, 1.54) is 0 Å². The molecule has 1 amide bonds. The number of esters is 1. The molecular weight excluding hydrogens is 414 g/mol. The molecule has 0 fully saturated rings. The summed E-state index contributed by atoms with van der Waals surface area (Å²) in [4.78, 5) is 30.6. The Bertz CT molecular complexity index is 1270. The summed E-state index contributed by atoms with van der Waals surface area (Å²) in [5.41, 5.74) is 3.98. The summed E-state index contributed by atoms with van der Waals surface area (Å²) in [5.74, 6) is -0.598. The first kappa shape index (κ1) is 22.5. The molecule has 0 radical (unpaired) electrons. The minimum absolute atomic E-state index is 0.110. The maximum absolute atomic E-state index is 13.3. The number of aryl methyl sites for hydroxylation is 1. The smallest absolute Gasteiger partial charge is 0.339 e. The lowest BCUT2D eigenvalue weighted by Crippen LogP contribution is -2.29. The molecule has 0 saturated heterocycles. The number of nitrogens with zero attached hydrogens (tertiary/aromatic N) is 2. The number of hydrogen-bond acceptors (Lipinski definition) is 5. The zero-order chi connectivity index (χ0) is 23.6. The number of ether oxygens (including phenoxy) is 1. The minimum atomic E-state index is -0.525. The van der Waals surface area contributed by atoms with Gasteiger partial charge in [-0.05, 0) is 54.4 Å². The number of nitriles is 1. The summed E-state index contributed by atoms with van der Waals surface area (Å²) in [6.45, 7) is 6.22. The van der Waals surface area contributed by atoms with E-state index in [1.807, 2.05) is 30.3 Å². The van der Waals surface area contributed by atoms with E-state index in [1.54, 1.807) is 24.3 Å². The molecule has 1 heterocycles. The van der Waals surface area contributed by atoms with Crippen LogP contribution >= 0.6 is 0 Å². The van der Waals surface area contributed by atoms with Crippen LogP contribution in [0.3, 0.4) is 0 Å². The van der Waals surface area contributed by atoms with Crippen molar-refractivity contribution in [1.29, 1.82) is 5.26 Å². The van der Waals surface area contributed by atoms with Gasteiger partial charge in [0.2, 0.25) is 0 Å². The topological polar surface area (TPSA) is 92.1 Å². The Morgan fingerprint density at radius 1 is 1.15 bits per heavy atom. The molecule has 2 aromatic carbocycles. The van der Waals surface area contributed by atoms with Gasteiger partial charge in [-0.1, -0.05) is 51.1 Å². The van der Waals surface area contributed by atoms with Crippen LogP contribution in [0.2, 0.25) is 0 Å². The third-order valence-electron chi connectivity index (χ3n) is 6.34. The molecule has 0 aliphatic heterocycles. The van der Waals surface area contributed by atoms with E-state index in [0.29, 0.717) is 22.7 Å². The number of benzene rings is 2. The first-order chi connectivity index (χ1) is 15.8. The molecule has 4 rings (SSSR count). The third-order valence-corrected chi connectivity index (χ3v) is 6.34. The van der Waals surface area contributed by atoms with E-state index in [-0.39, 0.29) is 5.41 Å². The predicted molar refractivity (Wildman–Crippen MR) is 127 cm³/mol. The number of carbonyl (C=O) groups is 2. The molecule has 1 aliphatic carbocycles. The average Bonchev–Trinajstić information content (AvgIpc) is 2.80. The Kier molecular flexibility index (Phi) is 6.15. The summed E-state index contributed by atoms with van der Waals surface area (Å²) in [7, 11) is 0. The number of pyridine rings is 1. The van der Waals surface area contributed by atoms with E-state index in [2.05, 4.69) is 26.1 Å². The molecule has 3 aromatic rings. The van der Waals surface area contributed by atoms with Crippen LogP contribution < -0.4 is 5.32 Å². The number of carbonyl (C=O) groups excluding carboxylic acids is 2. The molecule has 33 heavy (non-hydrogen) atoms. The second kappa shape index (κ2) is 9.03. The highest BCUT2D eigenvalue weighted by molar-refractivity contribution is 6.06. The van der Waals surface area contributed by atoms with Crippen LogP contribution in [0.15, 0.2) is 48.5 Å². The van der Waals surface area contributed by atoms with Gasteiger partial charge in [-0.2, -0.15) is 5.26 Å². The fourth-order valence-corrected chi connectivity index (χ4v) is 4.44. The van der Waals surface area contributed by atoms with Crippen LogP contribution in [0.4, 0.5) is 5.69 Å². The molecule has 1 N–H and O–H groups in total. The summed E-state index contributed by atoms with van der Waals surface area (Å²) < 4.78 is 5.47. The average molecular weight is 442 g/mol. The fraction of sp³-hybridized carbons (Fsp3) is 0.333. The molecule has 1 atom stereocenters. The number of rotatable bonds is 4. The van der Waals surface area contributed by atoms with E-state index in [9.17, 15) is 14.9 Å². The van der Waals surface area contributed by atoms with Crippen molar-refractivity contribution in [2.45, 2.75) is 40.0 Å². The number of aromatic nitrogens is 1. The van der Waals surface area contributed by atoms with E-state index in [0.717, 1.165) is 41.4 Å². The van der Waals surface area contributed by atoms with Crippen LogP contribution in [0.25, 0.3) is 10.9 Å². The Morgan fingerprint density at radius 3 is 2.64 bits per heavy atom. The van der Waals surface area contributed by atoms with Gasteiger partial charge in [0.25, 0.3) is 5.91 Å². The van der Waals surface area contributed by atoms with Gasteiger partial charge < -0.3 is 10.1 Å². The number of hydrogen-bond donors (Lipinski definition) is 1. The first-order valence-electron chi connectivity index (χ1n) is 11.1. The van der Waals surface area contributed by atoms with Gasteiger partial charge in [-0.15, -0.1) is 0 Å². The Morgan fingerprint density at radius 2 is 1.88 bits per heavy atom. The van der Waals surface area contributed by atoms with Crippen molar-refractivity contribution in [2.75, 3.05) is 11.9 Å². The van der Waals surface area contributed by atoms with Gasteiger partial charge in [0, 0.05) is 11.1 Å². The number of para-hydroxylation sites is 2. The molecule has 6 nitrogen and oxygen atoms in total. The lowest BCUT2D eigenvalue weighted by atomic mass is 9.70. The van der Waals surface area contributed by atoms with Gasteiger partial charge in [0.05, 0.1) is 22.3 Å². The highest BCUT2D eigenvalue weighted by Crippen LogP contribution is 2.39. The minimum Gasteiger partial charge on any atom is -0.452 e.